The number of hydrogen-bond donors (Lipinski definition) is 14. The average molecular weight is 694 g/mol. The largest absolute Gasteiger partial charge is 0.394 e. The Morgan fingerprint density at radius 3 is 1.74 bits per heavy atom. The van der Waals surface area contributed by atoms with Crippen molar-refractivity contribution in [2.45, 2.75) is 130 Å². The summed E-state index contributed by atoms with van der Waals surface area (Å²) < 4.78 is 33.8. The molecule has 14 N–H and O–H groups in total. The molecule has 1 amide bonds. The van der Waals surface area contributed by atoms with Gasteiger partial charge in [-0.05, 0) is 6.92 Å². The molecule has 3 fully saturated rings. The molecule has 276 valence electrons. The van der Waals surface area contributed by atoms with Crippen molar-refractivity contribution in [2.24, 2.45) is 0 Å². The number of aliphatic hydroxyl groups is 13. The maximum absolute atomic E-state index is 11.8. The van der Waals surface area contributed by atoms with Gasteiger partial charge in [-0.3, -0.25) is 4.79 Å². The predicted molar refractivity (Wildman–Crippen MR) is 146 cm³/mol. The fraction of sp³-hybridized carbons (Fsp3) is 0.962. The molecule has 0 radical (unpaired) electrons. The van der Waals surface area contributed by atoms with E-state index < -0.39 is 149 Å². The highest BCUT2D eigenvalue weighted by molar-refractivity contribution is 5.73. The minimum Gasteiger partial charge on any atom is -0.394 e. The first kappa shape index (κ1) is 40.1. The average Bonchev–Trinajstić information content (AvgIpc) is 3.05. The molecule has 21 heteroatoms. The van der Waals surface area contributed by atoms with E-state index in [0.29, 0.717) is 0 Å². The van der Waals surface area contributed by atoms with Crippen LogP contribution in [0, 0.1) is 0 Å². The fourth-order valence-corrected chi connectivity index (χ4v) is 5.47. The normalized spacial score (nSPS) is 43.9. The molecule has 3 heterocycles. The van der Waals surface area contributed by atoms with E-state index in [-0.39, 0.29) is 0 Å². The maximum atomic E-state index is 11.8. The van der Waals surface area contributed by atoms with Crippen molar-refractivity contribution in [3.05, 3.63) is 0 Å². The Labute approximate surface area is 268 Å². The molecule has 3 saturated heterocycles. The lowest BCUT2D eigenvalue weighted by atomic mass is 9.95. The summed E-state index contributed by atoms with van der Waals surface area (Å²) in [6.07, 6.45) is -32.3. The van der Waals surface area contributed by atoms with Crippen LogP contribution < -0.4 is 5.32 Å². The van der Waals surface area contributed by atoms with E-state index in [2.05, 4.69) is 5.32 Å². The maximum Gasteiger partial charge on any atom is 0.217 e. The molecule has 0 bridgehead atoms. The van der Waals surface area contributed by atoms with E-state index in [1.165, 1.54) is 6.92 Å². The van der Waals surface area contributed by atoms with Gasteiger partial charge < -0.3 is 100 Å². The number of hydrogen-bond acceptors (Lipinski definition) is 20. The van der Waals surface area contributed by atoms with Crippen molar-refractivity contribution in [1.82, 2.24) is 5.32 Å². The first-order valence-corrected chi connectivity index (χ1v) is 14.9. The Balaban J connectivity index is 2.00. The molecule has 0 aromatic carbocycles. The molecule has 0 aliphatic carbocycles. The third-order valence-corrected chi connectivity index (χ3v) is 8.23. The van der Waals surface area contributed by atoms with Gasteiger partial charge in [0.2, 0.25) is 5.91 Å². The number of nitrogens with one attached hydrogen (secondary N) is 1. The second-order valence-electron chi connectivity index (χ2n) is 11.6. The van der Waals surface area contributed by atoms with Crippen LogP contribution in [0.5, 0.6) is 0 Å². The zero-order valence-electron chi connectivity index (χ0n) is 25.5. The summed E-state index contributed by atoms with van der Waals surface area (Å²) in [7, 11) is 0. The van der Waals surface area contributed by atoms with Gasteiger partial charge in [-0.15, -0.1) is 0 Å². The SMILES string of the molecule is CC(=O)N[C@@H](CO)[C@@H](O[C@@H]1O[C@H](CO)[C@H](O[C@H]2O[C@H](CO)[C@H](O)[C@H](O)[C@H]2O)[C@H](O)[C@H]1O[C@H]1O[C@H](C)[C@H](O)[C@H](O)[C@H]1O)[C@@H](O)[C@H](O)CO. The van der Waals surface area contributed by atoms with Crippen molar-refractivity contribution in [2.75, 3.05) is 26.4 Å². The van der Waals surface area contributed by atoms with Crippen LogP contribution in [0.15, 0.2) is 0 Å². The van der Waals surface area contributed by atoms with Gasteiger partial charge in [0.05, 0.1) is 38.6 Å². The molecule has 3 rings (SSSR count). The van der Waals surface area contributed by atoms with Gasteiger partial charge in [0.1, 0.15) is 85.5 Å². The van der Waals surface area contributed by atoms with E-state index in [9.17, 15) is 71.2 Å². The van der Waals surface area contributed by atoms with Gasteiger partial charge in [-0.1, -0.05) is 0 Å². The summed E-state index contributed by atoms with van der Waals surface area (Å²) in [6.45, 7) is -1.32. The van der Waals surface area contributed by atoms with Crippen molar-refractivity contribution < 1.29 is 99.6 Å². The third kappa shape index (κ3) is 9.09. The number of amides is 1. The lowest BCUT2D eigenvalue weighted by Crippen LogP contribution is -2.67. The van der Waals surface area contributed by atoms with Gasteiger partial charge in [0.25, 0.3) is 0 Å². The minimum atomic E-state index is -2.05. The second-order valence-corrected chi connectivity index (χ2v) is 11.6. The minimum absolute atomic E-state index is 0.720. The van der Waals surface area contributed by atoms with E-state index >= 15 is 0 Å². The summed E-state index contributed by atoms with van der Waals surface area (Å²) in [5.74, 6) is -0.720. The predicted octanol–water partition coefficient (Wildman–Crippen LogP) is -8.94. The molecule has 0 saturated carbocycles. The molecule has 0 unspecified atom stereocenters. The van der Waals surface area contributed by atoms with Crippen LogP contribution in [0.3, 0.4) is 0 Å². The highest BCUT2D eigenvalue weighted by Crippen LogP contribution is 2.34. The Bertz CT molecular complexity index is 965. The summed E-state index contributed by atoms with van der Waals surface area (Å²) >= 11 is 0. The Morgan fingerprint density at radius 1 is 0.681 bits per heavy atom. The van der Waals surface area contributed by atoms with E-state index in [1.54, 1.807) is 0 Å². The van der Waals surface area contributed by atoms with Crippen LogP contribution in [0.25, 0.3) is 0 Å². The van der Waals surface area contributed by atoms with E-state index in [1.807, 2.05) is 0 Å². The standard InChI is InChI=1S/C26H47NO20/c1-7-13(34)16(37)18(39)24(42-7)47-23-20(41)22(46-25-19(40)17(38)15(36)11(5-30)43-25)12(6-31)44-26(23)45-21(14(35)10(33)4-29)9(3-28)27-8(2)32/h7,9-26,28-31,33-41H,3-6H2,1-2H3,(H,27,32)/t7-,9+,10-,11-,12-,13+,14+,15+,16+,17+,18-,19-,20+,21-,22+,23-,24-,25-,26+/m1/s1. The van der Waals surface area contributed by atoms with Gasteiger partial charge in [-0.2, -0.15) is 0 Å². The van der Waals surface area contributed by atoms with Crippen molar-refractivity contribution >= 4 is 5.91 Å². The van der Waals surface area contributed by atoms with Gasteiger partial charge in [0, 0.05) is 6.92 Å². The molecule has 19 atom stereocenters. The number of carbonyl (C=O) groups is 1. The third-order valence-electron chi connectivity index (χ3n) is 8.23. The molecular formula is C26H47NO20. The molecule has 47 heavy (non-hydrogen) atoms. The number of carbonyl (C=O) groups excluding carboxylic acids is 1. The smallest absolute Gasteiger partial charge is 0.217 e. The fourth-order valence-electron chi connectivity index (χ4n) is 5.47. The number of ether oxygens (including phenoxy) is 6. The zero-order chi connectivity index (χ0) is 35.3. The molecular weight excluding hydrogens is 646 g/mol. The quantitative estimate of drug-likeness (QED) is 0.0803. The van der Waals surface area contributed by atoms with Crippen LogP contribution in [0.2, 0.25) is 0 Å². The Morgan fingerprint density at radius 2 is 1.21 bits per heavy atom. The van der Waals surface area contributed by atoms with E-state index in [0.717, 1.165) is 6.92 Å². The first-order chi connectivity index (χ1) is 22.1. The highest BCUT2D eigenvalue weighted by atomic mass is 16.8. The van der Waals surface area contributed by atoms with Crippen molar-refractivity contribution in [3.63, 3.8) is 0 Å². The van der Waals surface area contributed by atoms with E-state index in [4.69, 9.17) is 28.4 Å². The monoisotopic (exact) mass is 693 g/mol. The topological polar surface area (TPSA) is 347 Å². The van der Waals surface area contributed by atoms with Crippen LogP contribution in [-0.2, 0) is 33.2 Å². The Hall–Kier alpha value is -1.29. The van der Waals surface area contributed by atoms with Crippen molar-refractivity contribution in [1.29, 1.82) is 0 Å². The Kier molecular flexibility index (Phi) is 15.0. The molecule has 0 aromatic heterocycles. The molecule has 0 spiro atoms. The van der Waals surface area contributed by atoms with Crippen molar-refractivity contribution in [3.8, 4) is 0 Å². The van der Waals surface area contributed by atoms with Crippen LogP contribution in [0.4, 0.5) is 0 Å². The number of rotatable bonds is 14. The number of aliphatic hydroxyl groups excluding tert-OH is 13. The van der Waals surface area contributed by atoms with Gasteiger partial charge in [0.15, 0.2) is 18.9 Å². The zero-order valence-corrected chi connectivity index (χ0v) is 25.5. The summed E-state index contributed by atoms with van der Waals surface area (Å²) in [6, 6.07) is -1.49. The molecule has 3 aliphatic heterocycles. The summed E-state index contributed by atoms with van der Waals surface area (Å²) in [4.78, 5) is 11.8. The molecule has 0 aromatic rings. The first-order valence-electron chi connectivity index (χ1n) is 14.9. The van der Waals surface area contributed by atoms with Gasteiger partial charge >= 0.3 is 0 Å². The lowest BCUT2D eigenvalue weighted by molar-refractivity contribution is -0.392. The second kappa shape index (κ2) is 17.6. The van der Waals surface area contributed by atoms with Crippen LogP contribution in [-0.4, -0.2) is 215 Å². The lowest BCUT2D eigenvalue weighted by Gasteiger charge is -2.49. The molecule has 21 nitrogen and oxygen atoms in total. The highest BCUT2D eigenvalue weighted by Gasteiger charge is 2.55. The van der Waals surface area contributed by atoms with Crippen LogP contribution in [0.1, 0.15) is 13.8 Å². The molecule has 3 aliphatic rings. The van der Waals surface area contributed by atoms with Crippen LogP contribution >= 0.6 is 0 Å². The van der Waals surface area contributed by atoms with Gasteiger partial charge in [-0.25, -0.2) is 0 Å². The summed E-state index contributed by atoms with van der Waals surface area (Å²) in [5, 5.41) is 136. The summed E-state index contributed by atoms with van der Waals surface area (Å²) in [5.41, 5.74) is 0.